The topological polar surface area (TPSA) is 102 Å². The fourth-order valence-corrected chi connectivity index (χ4v) is 1.44. The van der Waals surface area contributed by atoms with E-state index in [9.17, 15) is 19.5 Å². The number of esters is 1. The third-order valence-corrected chi connectivity index (χ3v) is 2.20. The maximum atomic E-state index is 11.2. The Morgan fingerprint density at radius 1 is 1.59 bits per heavy atom. The smallest absolute Gasteiger partial charge is 0.373 e. The highest BCUT2D eigenvalue weighted by molar-refractivity contribution is 5.87. The van der Waals surface area contributed by atoms with E-state index in [1.807, 2.05) is 0 Å². The quantitative estimate of drug-likeness (QED) is 0.462. The minimum atomic E-state index is -1.20. The summed E-state index contributed by atoms with van der Waals surface area (Å²) in [4.78, 5) is 32.8. The summed E-state index contributed by atoms with van der Waals surface area (Å²) in [6.45, 7) is 1.24. The predicted octanol–water partition coefficient (Wildman–Crippen LogP) is -1.49. The number of aldehydes is 1. The van der Waals surface area contributed by atoms with Crippen molar-refractivity contribution in [3.63, 3.8) is 0 Å². The fraction of sp³-hybridized carbons (Fsp3) is 0.500. The van der Waals surface area contributed by atoms with Gasteiger partial charge in [0.25, 0.3) is 0 Å². The molecule has 0 saturated carbocycles. The Morgan fingerprint density at radius 2 is 2.24 bits per heavy atom. The Bertz CT molecular complexity index is 364. The van der Waals surface area contributed by atoms with Crippen molar-refractivity contribution in [2.75, 3.05) is 7.11 Å². The van der Waals surface area contributed by atoms with Gasteiger partial charge < -0.3 is 19.9 Å². The number of methoxy groups -OCH3 is 1. The molecule has 1 aliphatic rings. The lowest BCUT2D eigenvalue weighted by molar-refractivity contribution is -0.144. The van der Waals surface area contributed by atoms with Crippen molar-refractivity contribution in [3.05, 3.63) is 11.8 Å². The second-order valence-electron chi connectivity index (χ2n) is 3.46. The van der Waals surface area contributed by atoms with Crippen LogP contribution in [0.15, 0.2) is 11.8 Å². The highest BCUT2D eigenvalue weighted by Gasteiger charge is 2.36. The molecular weight excluding hydrogens is 230 g/mol. The minimum absolute atomic E-state index is 0.251. The third-order valence-electron chi connectivity index (χ3n) is 2.20. The van der Waals surface area contributed by atoms with E-state index >= 15 is 0 Å². The van der Waals surface area contributed by atoms with E-state index in [4.69, 9.17) is 4.74 Å². The Kier molecular flexibility index (Phi) is 4.22. The van der Waals surface area contributed by atoms with Gasteiger partial charge in [0.2, 0.25) is 11.7 Å². The van der Waals surface area contributed by atoms with Crippen molar-refractivity contribution in [2.45, 2.75) is 25.2 Å². The van der Waals surface area contributed by atoms with Crippen molar-refractivity contribution >= 4 is 18.2 Å². The summed E-state index contributed by atoms with van der Waals surface area (Å²) in [6, 6.07) is -0.918. The van der Waals surface area contributed by atoms with E-state index < -0.39 is 30.1 Å². The van der Waals surface area contributed by atoms with Crippen LogP contribution in [-0.2, 0) is 23.9 Å². The summed E-state index contributed by atoms with van der Waals surface area (Å²) >= 11 is 0. The van der Waals surface area contributed by atoms with Gasteiger partial charge in [-0.1, -0.05) is 0 Å². The van der Waals surface area contributed by atoms with Gasteiger partial charge in [-0.3, -0.25) is 9.59 Å². The molecule has 1 rings (SSSR count). The molecule has 7 heteroatoms. The van der Waals surface area contributed by atoms with Gasteiger partial charge in [-0.2, -0.15) is 0 Å². The highest BCUT2D eigenvalue weighted by Crippen LogP contribution is 2.18. The average Bonchev–Trinajstić information content (AvgIpc) is 2.29. The van der Waals surface area contributed by atoms with Gasteiger partial charge in [-0.05, 0) is 6.08 Å². The molecule has 0 spiro atoms. The van der Waals surface area contributed by atoms with Gasteiger partial charge in [-0.15, -0.1) is 0 Å². The Balaban J connectivity index is 2.90. The minimum Gasteiger partial charge on any atom is -0.473 e. The van der Waals surface area contributed by atoms with E-state index in [1.165, 1.54) is 6.92 Å². The molecule has 0 aromatic carbocycles. The first-order valence-corrected chi connectivity index (χ1v) is 4.87. The molecule has 0 aromatic heterocycles. The lowest BCUT2D eigenvalue weighted by atomic mass is 10.0. The lowest BCUT2D eigenvalue weighted by Crippen LogP contribution is -2.53. The first-order chi connectivity index (χ1) is 7.99. The zero-order chi connectivity index (χ0) is 13.0. The number of aliphatic hydroxyl groups is 1. The van der Waals surface area contributed by atoms with E-state index in [0.717, 1.165) is 13.2 Å². The van der Waals surface area contributed by atoms with Crippen LogP contribution in [0.2, 0.25) is 0 Å². The zero-order valence-electron chi connectivity index (χ0n) is 9.38. The van der Waals surface area contributed by atoms with Crippen LogP contribution in [0.3, 0.4) is 0 Å². The predicted molar refractivity (Wildman–Crippen MR) is 54.6 cm³/mol. The number of ether oxygens (including phenoxy) is 2. The number of nitrogens with one attached hydrogen (secondary N) is 1. The van der Waals surface area contributed by atoms with Crippen molar-refractivity contribution in [2.24, 2.45) is 0 Å². The molecule has 0 unspecified atom stereocenters. The molecule has 0 radical (unpaired) electrons. The molecule has 0 bridgehead atoms. The second-order valence-corrected chi connectivity index (χ2v) is 3.46. The molecule has 17 heavy (non-hydrogen) atoms. The van der Waals surface area contributed by atoms with Crippen LogP contribution >= 0.6 is 0 Å². The van der Waals surface area contributed by atoms with E-state index in [1.54, 1.807) is 0 Å². The Labute approximate surface area is 97.4 Å². The van der Waals surface area contributed by atoms with Crippen LogP contribution in [0, 0.1) is 0 Å². The van der Waals surface area contributed by atoms with Gasteiger partial charge in [0.1, 0.15) is 12.1 Å². The average molecular weight is 243 g/mol. The fourth-order valence-electron chi connectivity index (χ4n) is 1.44. The summed E-state index contributed by atoms with van der Waals surface area (Å²) in [5, 5.41) is 12.1. The first kappa shape index (κ1) is 13.2. The Hall–Kier alpha value is -1.89. The Morgan fingerprint density at radius 3 is 2.71 bits per heavy atom. The SMILES string of the molecule is COC(=O)C1=C[C@H](O)[C@@H](NC(C)=O)[C@H](C=O)O1. The number of amides is 1. The standard InChI is InChI=1S/C10H13NO6/c1-5(13)11-9-6(14)3-7(10(15)16-2)17-8(9)4-12/h3-4,6,8-9,14H,1-2H3,(H,11,13)/t6-,8-,9+/m0/s1. The van der Waals surface area contributed by atoms with Gasteiger partial charge in [0.15, 0.2) is 12.4 Å². The number of carbonyl (C=O) groups is 3. The molecule has 0 saturated heterocycles. The van der Waals surface area contributed by atoms with Gasteiger partial charge in [0.05, 0.1) is 7.11 Å². The van der Waals surface area contributed by atoms with E-state index in [-0.39, 0.29) is 5.76 Å². The molecule has 0 aromatic rings. The molecular formula is C10H13NO6. The van der Waals surface area contributed by atoms with Crippen LogP contribution in [0.4, 0.5) is 0 Å². The summed E-state index contributed by atoms with van der Waals surface area (Å²) in [5.74, 6) is -1.46. The molecule has 1 amide bonds. The maximum Gasteiger partial charge on any atom is 0.373 e. The molecule has 7 nitrogen and oxygen atoms in total. The largest absolute Gasteiger partial charge is 0.473 e. The maximum absolute atomic E-state index is 11.2. The van der Waals surface area contributed by atoms with Gasteiger partial charge >= 0.3 is 5.97 Å². The third kappa shape index (κ3) is 3.04. The molecule has 1 heterocycles. The second kappa shape index (κ2) is 5.44. The van der Waals surface area contributed by atoms with Crippen molar-refractivity contribution in [3.8, 4) is 0 Å². The number of rotatable bonds is 3. The van der Waals surface area contributed by atoms with Crippen molar-refractivity contribution < 1.29 is 29.0 Å². The molecule has 2 N–H and O–H groups in total. The van der Waals surface area contributed by atoms with E-state index in [0.29, 0.717) is 6.29 Å². The van der Waals surface area contributed by atoms with Crippen molar-refractivity contribution in [1.29, 1.82) is 0 Å². The van der Waals surface area contributed by atoms with Crippen LogP contribution in [0.5, 0.6) is 0 Å². The van der Waals surface area contributed by atoms with E-state index in [2.05, 4.69) is 10.1 Å². The molecule has 94 valence electrons. The molecule has 1 aliphatic heterocycles. The number of hydrogen-bond donors (Lipinski definition) is 2. The number of hydrogen-bond acceptors (Lipinski definition) is 6. The number of carbonyl (C=O) groups excluding carboxylic acids is 3. The monoisotopic (exact) mass is 243 g/mol. The van der Waals surface area contributed by atoms with Crippen LogP contribution < -0.4 is 5.32 Å². The summed E-state index contributed by atoms with van der Waals surface area (Å²) in [7, 11) is 1.15. The summed E-state index contributed by atoms with van der Waals surface area (Å²) in [5.41, 5.74) is 0. The molecule has 3 atom stereocenters. The van der Waals surface area contributed by atoms with Gasteiger partial charge in [-0.25, -0.2) is 4.79 Å². The van der Waals surface area contributed by atoms with Crippen LogP contribution in [-0.4, -0.2) is 48.6 Å². The molecule has 0 fully saturated rings. The molecule has 0 aliphatic carbocycles. The summed E-state index contributed by atoms with van der Waals surface area (Å²) < 4.78 is 9.42. The van der Waals surface area contributed by atoms with Crippen LogP contribution in [0.1, 0.15) is 6.92 Å². The van der Waals surface area contributed by atoms with Crippen LogP contribution in [0.25, 0.3) is 0 Å². The zero-order valence-corrected chi connectivity index (χ0v) is 9.38. The number of aliphatic hydroxyl groups excluding tert-OH is 1. The van der Waals surface area contributed by atoms with Gasteiger partial charge in [0, 0.05) is 6.92 Å². The van der Waals surface area contributed by atoms with Crippen molar-refractivity contribution in [1.82, 2.24) is 5.32 Å². The lowest BCUT2D eigenvalue weighted by Gasteiger charge is -2.31. The highest BCUT2D eigenvalue weighted by atomic mass is 16.6. The first-order valence-electron chi connectivity index (χ1n) is 4.87. The normalized spacial score (nSPS) is 27.5. The summed E-state index contributed by atoms with van der Waals surface area (Å²) in [6.07, 6.45) is -0.836.